The Bertz CT molecular complexity index is 348. The van der Waals surface area contributed by atoms with Gasteiger partial charge < -0.3 is 19.7 Å². The molecular weight excluding hydrogens is 238 g/mol. The smallest absolute Gasteiger partial charge is 0.185 e. The van der Waals surface area contributed by atoms with Crippen molar-refractivity contribution in [1.29, 1.82) is 0 Å². The van der Waals surface area contributed by atoms with Crippen LogP contribution < -0.4 is 14.9 Å². The number of carbonyl (C=O) groups excluding carboxylic acids is 1. The van der Waals surface area contributed by atoms with E-state index in [1.807, 2.05) is 11.6 Å². The number of carboxylic acid groups (broad SMARTS) is 1. The molecule has 1 N–H and O–H groups in total. The number of hydrogen-bond donors (Lipinski definition) is 1. The first-order valence-electron chi connectivity index (χ1n) is 5.93. The molecular formula is C11H17N3O2S. The first-order chi connectivity index (χ1) is 8.25. The van der Waals surface area contributed by atoms with E-state index in [9.17, 15) is 9.90 Å². The van der Waals surface area contributed by atoms with Gasteiger partial charge in [0.25, 0.3) is 0 Å². The first kappa shape index (κ1) is 12.3. The fourth-order valence-corrected chi connectivity index (χ4v) is 2.82. The summed E-state index contributed by atoms with van der Waals surface area (Å²) in [7, 11) is 0. The predicted octanol–water partition coefficient (Wildman–Crippen LogP) is -1.62. The van der Waals surface area contributed by atoms with Gasteiger partial charge in [-0.05, 0) is 6.42 Å². The average Bonchev–Trinajstić information content (AvgIpc) is 2.83. The third-order valence-electron chi connectivity index (χ3n) is 3.07. The lowest BCUT2D eigenvalue weighted by atomic mass is 10.2. The largest absolute Gasteiger partial charge is 0.550 e. The molecule has 0 unspecified atom stereocenters. The Labute approximate surface area is 105 Å². The number of nitrogens with zero attached hydrogens (tertiary/aromatic N) is 2. The molecule has 0 bridgehead atoms. The van der Waals surface area contributed by atoms with Crippen molar-refractivity contribution in [2.45, 2.75) is 12.8 Å². The fourth-order valence-electron chi connectivity index (χ4n) is 2.12. The van der Waals surface area contributed by atoms with Crippen LogP contribution in [0.1, 0.15) is 12.8 Å². The molecule has 0 radical (unpaired) electrons. The van der Waals surface area contributed by atoms with Crippen molar-refractivity contribution in [3.05, 3.63) is 11.6 Å². The second-order valence-corrected chi connectivity index (χ2v) is 5.15. The Morgan fingerprint density at radius 1 is 1.53 bits per heavy atom. The molecule has 6 heteroatoms. The molecule has 0 spiro atoms. The number of hydrogen-bond acceptors (Lipinski definition) is 5. The highest BCUT2D eigenvalue weighted by atomic mass is 32.1. The Balaban J connectivity index is 1.69. The summed E-state index contributed by atoms with van der Waals surface area (Å²) in [5, 5.41) is 13.4. The number of anilines is 1. The number of thiazole rings is 1. The van der Waals surface area contributed by atoms with E-state index < -0.39 is 5.97 Å². The van der Waals surface area contributed by atoms with E-state index in [1.165, 1.54) is 4.90 Å². The summed E-state index contributed by atoms with van der Waals surface area (Å²) in [5.74, 6) is -0.939. The van der Waals surface area contributed by atoms with Crippen LogP contribution in [0.5, 0.6) is 0 Å². The van der Waals surface area contributed by atoms with Crippen molar-refractivity contribution in [3.8, 4) is 0 Å². The summed E-state index contributed by atoms with van der Waals surface area (Å²) in [4.78, 5) is 18.4. The number of carboxylic acids is 1. The zero-order chi connectivity index (χ0) is 12.1. The molecule has 0 saturated carbocycles. The second-order valence-electron chi connectivity index (χ2n) is 4.28. The number of quaternary nitrogens is 1. The highest BCUT2D eigenvalue weighted by Gasteiger charge is 2.20. The molecule has 2 heterocycles. The molecule has 2 rings (SSSR count). The normalized spacial score (nSPS) is 17.3. The monoisotopic (exact) mass is 255 g/mol. The van der Waals surface area contributed by atoms with Gasteiger partial charge in [0, 0.05) is 24.0 Å². The maximum absolute atomic E-state index is 10.3. The van der Waals surface area contributed by atoms with Crippen molar-refractivity contribution < 1.29 is 14.8 Å². The summed E-state index contributed by atoms with van der Waals surface area (Å²) < 4.78 is 0. The fraction of sp³-hybridized carbons (Fsp3) is 0.636. The summed E-state index contributed by atoms with van der Waals surface area (Å²) in [6, 6.07) is 0. The first-order valence-corrected chi connectivity index (χ1v) is 6.81. The van der Waals surface area contributed by atoms with Crippen LogP contribution in [0.25, 0.3) is 0 Å². The summed E-state index contributed by atoms with van der Waals surface area (Å²) in [6.07, 6.45) is 2.73. The molecule has 0 amide bonds. The van der Waals surface area contributed by atoms with Crippen LogP contribution in [0.3, 0.4) is 0 Å². The van der Waals surface area contributed by atoms with Gasteiger partial charge >= 0.3 is 0 Å². The van der Waals surface area contributed by atoms with Crippen molar-refractivity contribution in [3.63, 3.8) is 0 Å². The SMILES string of the molecule is O=C([O-])CCC[NH+]1CCN(c2nccs2)CC1. The van der Waals surface area contributed by atoms with Crippen molar-refractivity contribution >= 4 is 22.4 Å². The quantitative estimate of drug-likeness (QED) is 0.687. The van der Waals surface area contributed by atoms with Gasteiger partial charge in [0.2, 0.25) is 0 Å². The second kappa shape index (κ2) is 5.97. The molecule has 1 aliphatic rings. The van der Waals surface area contributed by atoms with E-state index in [1.54, 1.807) is 11.3 Å². The maximum atomic E-state index is 10.3. The third kappa shape index (κ3) is 3.67. The van der Waals surface area contributed by atoms with Crippen molar-refractivity contribution in [2.24, 2.45) is 0 Å². The average molecular weight is 255 g/mol. The highest BCUT2D eigenvalue weighted by molar-refractivity contribution is 7.13. The van der Waals surface area contributed by atoms with E-state index in [0.717, 1.165) is 44.3 Å². The molecule has 0 aliphatic carbocycles. The molecule has 1 aromatic heterocycles. The lowest BCUT2D eigenvalue weighted by Gasteiger charge is -2.32. The summed E-state index contributed by atoms with van der Waals surface area (Å²) >= 11 is 1.67. The van der Waals surface area contributed by atoms with Crippen molar-refractivity contribution in [2.75, 3.05) is 37.6 Å². The van der Waals surface area contributed by atoms with Crippen LogP contribution in [0.15, 0.2) is 11.6 Å². The van der Waals surface area contributed by atoms with Crippen LogP contribution in [0, 0.1) is 0 Å². The highest BCUT2D eigenvalue weighted by Crippen LogP contribution is 2.16. The zero-order valence-electron chi connectivity index (χ0n) is 9.72. The topological polar surface area (TPSA) is 60.7 Å². The van der Waals surface area contributed by atoms with Crippen molar-refractivity contribution in [1.82, 2.24) is 4.98 Å². The third-order valence-corrected chi connectivity index (χ3v) is 3.90. The molecule has 1 aliphatic heterocycles. The summed E-state index contributed by atoms with van der Waals surface area (Å²) in [5.41, 5.74) is 0. The molecule has 1 fully saturated rings. The molecule has 17 heavy (non-hydrogen) atoms. The summed E-state index contributed by atoms with van der Waals surface area (Å²) in [6.45, 7) is 5.07. The van der Waals surface area contributed by atoms with Crippen LogP contribution in [0.2, 0.25) is 0 Å². The van der Waals surface area contributed by atoms with Gasteiger partial charge in [0.1, 0.15) is 0 Å². The number of piperazine rings is 1. The number of aliphatic carboxylic acids is 1. The molecule has 0 aromatic carbocycles. The van der Waals surface area contributed by atoms with Gasteiger partial charge in [-0.1, -0.05) is 0 Å². The minimum absolute atomic E-state index is 0.180. The minimum Gasteiger partial charge on any atom is -0.550 e. The molecule has 94 valence electrons. The van der Waals surface area contributed by atoms with Gasteiger partial charge in [0.15, 0.2) is 5.13 Å². The van der Waals surface area contributed by atoms with Crippen LogP contribution in [-0.2, 0) is 4.79 Å². The molecule has 1 aromatic rings. The number of nitrogens with one attached hydrogen (secondary N) is 1. The van der Waals surface area contributed by atoms with E-state index in [2.05, 4.69) is 9.88 Å². The van der Waals surface area contributed by atoms with Crippen LogP contribution >= 0.6 is 11.3 Å². The number of carbonyl (C=O) groups is 1. The lowest BCUT2D eigenvalue weighted by molar-refractivity contribution is -0.900. The van der Waals surface area contributed by atoms with Gasteiger partial charge in [-0.3, -0.25) is 0 Å². The maximum Gasteiger partial charge on any atom is 0.185 e. The van der Waals surface area contributed by atoms with Gasteiger partial charge in [-0.25, -0.2) is 4.98 Å². The predicted molar refractivity (Wildman–Crippen MR) is 64.1 cm³/mol. The Morgan fingerprint density at radius 3 is 2.88 bits per heavy atom. The Morgan fingerprint density at radius 2 is 2.29 bits per heavy atom. The zero-order valence-corrected chi connectivity index (χ0v) is 10.5. The van der Waals surface area contributed by atoms with Crippen LogP contribution in [0.4, 0.5) is 5.13 Å². The Kier molecular flexibility index (Phi) is 4.33. The molecule has 5 nitrogen and oxygen atoms in total. The van der Waals surface area contributed by atoms with E-state index in [-0.39, 0.29) is 6.42 Å². The lowest BCUT2D eigenvalue weighted by Crippen LogP contribution is -3.14. The van der Waals surface area contributed by atoms with E-state index >= 15 is 0 Å². The van der Waals surface area contributed by atoms with Gasteiger partial charge in [0.05, 0.1) is 32.7 Å². The standard InChI is InChI=1S/C11H17N3O2S/c15-10(16)2-1-4-13-5-7-14(8-6-13)11-12-3-9-17-11/h3,9H,1-2,4-8H2,(H,15,16). The molecule has 0 atom stereocenters. The number of rotatable bonds is 5. The Hall–Kier alpha value is -1.14. The van der Waals surface area contributed by atoms with Gasteiger partial charge in [-0.15, -0.1) is 11.3 Å². The van der Waals surface area contributed by atoms with Crippen LogP contribution in [-0.4, -0.2) is 43.7 Å². The minimum atomic E-state index is -0.939. The van der Waals surface area contributed by atoms with E-state index in [0.29, 0.717) is 0 Å². The van der Waals surface area contributed by atoms with Gasteiger partial charge in [-0.2, -0.15) is 0 Å². The van der Waals surface area contributed by atoms with E-state index in [4.69, 9.17) is 0 Å². The number of aromatic nitrogens is 1. The molecule has 1 saturated heterocycles.